The molecule has 2 unspecified atom stereocenters. The van der Waals surface area contributed by atoms with Crippen LogP contribution in [0.15, 0.2) is 48.7 Å². The first kappa shape index (κ1) is 17.3. The molecular weight excluding hydrogens is 350 g/mol. The highest BCUT2D eigenvalue weighted by Gasteiger charge is 2.43. The number of nitrogens with one attached hydrogen (secondary N) is 1. The van der Waals surface area contributed by atoms with Gasteiger partial charge in [-0.15, -0.1) is 0 Å². The first-order chi connectivity index (χ1) is 11.5. The normalized spacial score (nSPS) is 21.9. The van der Waals surface area contributed by atoms with Gasteiger partial charge in [0.2, 0.25) is 10.0 Å². The lowest BCUT2D eigenvalue weighted by Gasteiger charge is -2.23. The van der Waals surface area contributed by atoms with Crippen molar-refractivity contribution >= 4 is 21.6 Å². The van der Waals surface area contributed by atoms with Crippen LogP contribution in [-0.4, -0.2) is 37.4 Å². The van der Waals surface area contributed by atoms with E-state index >= 15 is 0 Å². The zero-order valence-corrected chi connectivity index (χ0v) is 14.7. The van der Waals surface area contributed by atoms with Crippen molar-refractivity contribution in [2.45, 2.75) is 17.8 Å². The van der Waals surface area contributed by atoms with Gasteiger partial charge in [0.1, 0.15) is 5.25 Å². The summed E-state index contributed by atoms with van der Waals surface area (Å²) < 4.78 is 28.1. The predicted molar refractivity (Wildman–Crippen MR) is 91.7 cm³/mol. The summed E-state index contributed by atoms with van der Waals surface area (Å²) in [5.74, 6) is 0. The second-order valence-electron chi connectivity index (χ2n) is 5.57. The van der Waals surface area contributed by atoms with Crippen molar-refractivity contribution < 1.29 is 13.3 Å². The van der Waals surface area contributed by atoms with Gasteiger partial charge in [-0.25, -0.2) is 13.1 Å². The van der Waals surface area contributed by atoms with Crippen molar-refractivity contribution in [3.8, 4) is 0 Å². The van der Waals surface area contributed by atoms with Gasteiger partial charge in [-0.2, -0.15) is 5.06 Å². The van der Waals surface area contributed by atoms with E-state index in [4.69, 9.17) is 16.4 Å². The monoisotopic (exact) mass is 367 g/mol. The number of pyridine rings is 1. The summed E-state index contributed by atoms with van der Waals surface area (Å²) in [4.78, 5) is 9.59. The number of aromatic nitrogens is 1. The van der Waals surface area contributed by atoms with Crippen LogP contribution >= 0.6 is 11.6 Å². The third-order valence-electron chi connectivity index (χ3n) is 3.96. The van der Waals surface area contributed by atoms with Crippen LogP contribution in [0.4, 0.5) is 0 Å². The number of hydrogen-bond donors (Lipinski definition) is 1. The van der Waals surface area contributed by atoms with Crippen molar-refractivity contribution in [2.75, 3.05) is 13.7 Å². The molecule has 6 nitrogen and oxygen atoms in total. The molecule has 128 valence electrons. The summed E-state index contributed by atoms with van der Waals surface area (Å²) in [5.41, 5.74) is 1.46. The van der Waals surface area contributed by atoms with E-state index in [1.165, 1.54) is 0 Å². The van der Waals surface area contributed by atoms with E-state index in [-0.39, 0.29) is 13.2 Å². The van der Waals surface area contributed by atoms with E-state index in [2.05, 4.69) is 9.71 Å². The molecule has 0 spiro atoms. The van der Waals surface area contributed by atoms with E-state index < -0.39 is 21.3 Å². The smallest absolute Gasteiger partial charge is 0.219 e. The van der Waals surface area contributed by atoms with E-state index in [0.29, 0.717) is 10.7 Å². The van der Waals surface area contributed by atoms with E-state index in [1.54, 1.807) is 48.6 Å². The van der Waals surface area contributed by atoms with Gasteiger partial charge >= 0.3 is 0 Å². The van der Waals surface area contributed by atoms with Gasteiger partial charge in [-0.1, -0.05) is 29.8 Å². The summed E-state index contributed by atoms with van der Waals surface area (Å²) in [6, 6.07) is 12.1. The number of hydroxylamine groups is 2. The number of nitrogens with zero attached hydrogens (tertiary/aromatic N) is 2. The predicted octanol–water partition coefficient (Wildman–Crippen LogP) is 2.14. The lowest BCUT2D eigenvalue weighted by Crippen LogP contribution is -2.39. The van der Waals surface area contributed by atoms with Crippen molar-refractivity contribution in [1.82, 2.24) is 14.8 Å². The standard InChI is InChI=1S/C16H18ClN3O3S/c1-20-16(12-5-4-6-13(17)9-12)15(11-23-20)24(21,22)19-10-14-7-2-3-8-18-14/h2-9,15-16,19H,10-11H2,1H3. The minimum atomic E-state index is -3.60. The molecule has 1 aromatic carbocycles. The zero-order chi connectivity index (χ0) is 17.2. The minimum absolute atomic E-state index is 0.0885. The fraction of sp³-hybridized carbons (Fsp3) is 0.312. The molecule has 3 rings (SSSR count). The van der Waals surface area contributed by atoms with Gasteiger partial charge in [0, 0.05) is 18.3 Å². The van der Waals surface area contributed by atoms with Crippen LogP contribution in [0, 0.1) is 0 Å². The van der Waals surface area contributed by atoms with Crippen molar-refractivity contribution in [1.29, 1.82) is 0 Å². The molecule has 1 saturated heterocycles. The Morgan fingerprint density at radius 2 is 2.17 bits per heavy atom. The number of sulfonamides is 1. The Bertz CT molecular complexity index is 801. The Morgan fingerprint density at radius 3 is 2.88 bits per heavy atom. The Hall–Kier alpha value is -1.51. The van der Waals surface area contributed by atoms with Crippen LogP contribution in [0.2, 0.25) is 5.02 Å². The second-order valence-corrected chi connectivity index (χ2v) is 7.99. The Kier molecular flexibility index (Phi) is 5.17. The topological polar surface area (TPSA) is 71.5 Å². The Balaban J connectivity index is 1.80. The number of halogens is 1. The zero-order valence-electron chi connectivity index (χ0n) is 13.1. The van der Waals surface area contributed by atoms with Crippen LogP contribution in [0.5, 0.6) is 0 Å². The molecule has 0 bridgehead atoms. The molecule has 2 aromatic rings. The Labute approximate surface area is 146 Å². The van der Waals surface area contributed by atoms with Crippen molar-refractivity contribution in [3.63, 3.8) is 0 Å². The molecular formula is C16H18ClN3O3S. The third-order valence-corrected chi connectivity index (χ3v) is 5.93. The fourth-order valence-electron chi connectivity index (χ4n) is 2.76. The van der Waals surface area contributed by atoms with E-state index in [1.807, 2.05) is 12.1 Å². The van der Waals surface area contributed by atoms with Crippen LogP contribution in [0.3, 0.4) is 0 Å². The molecule has 0 aliphatic carbocycles. The highest BCUT2D eigenvalue weighted by molar-refractivity contribution is 7.90. The highest BCUT2D eigenvalue weighted by Crippen LogP contribution is 2.34. The summed E-state index contributed by atoms with van der Waals surface area (Å²) in [5, 5.41) is 1.39. The molecule has 0 amide bonds. The first-order valence-electron chi connectivity index (χ1n) is 7.47. The average Bonchev–Trinajstić information content (AvgIpc) is 2.97. The first-order valence-corrected chi connectivity index (χ1v) is 9.39. The van der Waals surface area contributed by atoms with Gasteiger partial charge in [0.25, 0.3) is 0 Å². The largest absolute Gasteiger partial charge is 0.297 e. The van der Waals surface area contributed by atoms with E-state index in [0.717, 1.165) is 5.56 Å². The fourth-order valence-corrected chi connectivity index (χ4v) is 4.43. The molecule has 8 heteroatoms. The number of benzene rings is 1. The summed E-state index contributed by atoms with van der Waals surface area (Å²) in [7, 11) is -1.88. The molecule has 2 heterocycles. The quantitative estimate of drug-likeness (QED) is 0.876. The lowest BCUT2D eigenvalue weighted by molar-refractivity contribution is -0.110. The molecule has 2 atom stereocenters. The Morgan fingerprint density at radius 1 is 1.33 bits per heavy atom. The van der Waals surface area contributed by atoms with Gasteiger partial charge in [-0.05, 0) is 29.8 Å². The molecule has 1 fully saturated rings. The van der Waals surface area contributed by atoms with Gasteiger partial charge in [0.15, 0.2) is 0 Å². The second kappa shape index (κ2) is 7.16. The van der Waals surface area contributed by atoms with Gasteiger partial charge < -0.3 is 0 Å². The van der Waals surface area contributed by atoms with Crippen molar-refractivity contribution in [2.24, 2.45) is 0 Å². The summed E-state index contributed by atoms with van der Waals surface area (Å²) in [6.45, 7) is 0.233. The molecule has 0 radical (unpaired) electrons. The molecule has 1 aliphatic rings. The third kappa shape index (κ3) is 3.76. The number of hydrogen-bond acceptors (Lipinski definition) is 5. The van der Waals surface area contributed by atoms with Gasteiger partial charge in [-0.3, -0.25) is 9.82 Å². The molecule has 1 aliphatic heterocycles. The van der Waals surface area contributed by atoms with Crippen LogP contribution in [0.1, 0.15) is 17.3 Å². The SMILES string of the molecule is CN1OCC(S(=O)(=O)NCc2ccccn2)C1c1cccc(Cl)c1. The minimum Gasteiger partial charge on any atom is -0.297 e. The van der Waals surface area contributed by atoms with Crippen LogP contribution < -0.4 is 4.72 Å². The maximum absolute atomic E-state index is 12.7. The van der Waals surface area contributed by atoms with Crippen LogP contribution in [0.25, 0.3) is 0 Å². The lowest BCUT2D eigenvalue weighted by atomic mass is 10.0. The number of rotatable bonds is 5. The summed E-state index contributed by atoms with van der Waals surface area (Å²) in [6.07, 6.45) is 1.63. The highest BCUT2D eigenvalue weighted by atomic mass is 35.5. The van der Waals surface area contributed by atoms with Crippen LogP contribution in [-0.2, 0) is 21.4 Å². The van der Waals surface area contributed by atoms with Crippen molar-refractivity contribution in [3.05, 3.63) is 64.9 Å². The summed E-state index contributed by atoms with van der Waals surface area (Å²) >= 11 is 6.04. The molecule has 24 heavy (non-hydrogen) atoms. The maximum Gasteiger partial charge on any atom is 0.219 e. The molecule has 1 aromatic heterocycles. The molecule has 1 N–H and O–H groups in total. The maximum atomic E-state index is 12.7. The van der Waals surface area contributed by atoms with Gasteiger partial charge in [0.05, 0.1) is 24.9 Å². The average molecular weight is 368 g/mol. The van der Waals surface area contributed by atoms with E-state index in [9.17, 15) is 8.42 Å². The molecule has 0 saturated carbocycles.